The molecular formula is C18H16N2O6S. The number of imidazole rings is 1. The number of rotatable bonds is 5. The highest BCUT2D eigenvalue weighted by atomic mass is 32.2. The lowest BCUT2D eigenvalue weighted by Crippen LogP contribution is -2.32. The molecule has 1 aromatic heterocycles. The van der Waals surface area contributed by atoms with Crippen LogP contribution in [0.2, 0.25) is 0 Å². The Morgan fingerprint density at radius 3 is 2.22 bits per heavy atom. The van der Waals surface area contributed by atoms with Crippen molar-refractivity contribution in [3.8, 4) is 11.5 Å². The molecule has 0 unspecified atom stereocenters. The minimum Gasteiger partial charge on any atom is -0.497 e. The molecule has 8 nitrogen and oxygen atoms in total. The second kappa shape index (κ2) is 7.12. The molecule has 0 bridgehead atoms. The summed E-state index contributed by atoms with van der Waals surface area (Å²) in [7, 11) is -1.31. The van der Waals surface area contributed by atoms with Gasteiger partial charge in [-0.05, 0) is 36.4 Å². The summed E-state index contributed by atoms with van der Waals surface area (Å²) in [5.74, 6) is 0.0616. The monoisotopic (exact) mass is 388 g/mol. The molecule has 0 N–H and O–H groups in total. The molecule has 140 valence electrons. The van der Waals surface area contributed by atoms with Crippen LogP contribution in [0.3, 0.4) is 0 Å². The lowest BCUT2D eigenvalue weighted by Gasteiger charge is -2.07. The smallest absolute Gasteiger partial charge is 0.349 e. The standard InChI is InChI=1S/C18H16N2O6S/c1-25-13-7-9-14(10-8-13)27(23,24)20-12-11-19(18(20)22)17(21)15-5-3-4-6-16(15)26-2/h3-12H,1-2H3. The van der Waals surface area contributed by atoms with E-state index in [1.165, 1.54) is 44.6 Å². The Bertz CT molecular complexity index is 1140. The molecule has 27 heavy (non-hydrogen) atoms. The summed E-state index contributed by atoms with van der Waals surface area (Å²) in [4.78, 5) is 25.1. The maximum Gasteiger partial charge on any atom is 0.349 e. The first-order valence-corrected chi connectivity index (χ1v) is 9.21. The van der Waals surface area contributed by atoms with E-state index >= 15 is 0 Å². The van der Waals surface area contributed by atoms with Gasteiger partial charge in [0.05, 0.1) is 24.7 Å². The third kappa shape index (κ3) is 3.24. The molecule has 2 aromatic carbocycles. The van der Waals surface area contributed by atoms with Crippen LogP contribution in [0.4, 0.5) is 0 Å². The van der Waals surface area contributed by atoms with Crippen molar-refractivity contribution < 1.29 is 22.7 Å². The van der Waals surface area contributed by atoms with E-state index in [0.29, 0.717) is 9.72 Å². The van der Waals surface area contributed by atoms with Crippen molar-refractivity contribution in [3.05, 3.63) is 77.0 Å². The molecule has 0 fully saturated rings. The number of ether oxygens (including phenoxy) is 2. The van der Waals surface area contributed by atoms with Gasteiger partial charge in [0, 0.05) is 12.4 Å². The molecule has 0 aliphatic rings. The Morgan fingerprint density at radius 1 is 0.926 bits per heavy atom. The fraction of sp³-hybridized carbons (Fsp3) is 0.111. The van der Waals surface area contributed by atoms with Crippen molar-refractivity contribution in [2.45, 2.75) is 4.90 Å². The highest BCUT2D eigenvalue weighted by molar-refractivity contribution is 7.90. The average Bonchev–Trinajstić information content (AvgIpc) is 3.09. The zero-order valence-corrected chi connectivity index (χ0v) is 15.3. The number of benzene rings is 2. The number of methoxy groups -OCH3 is 2. The van der Waals surface area contributed by atoms with E-state index in [0.717, 1.165) is 17.0 Å². The van der Waals surface area contributed by atoms with Gasteiger partial charge in [-0.1, -0.05) is 12.1 Å². The fourth-order valence-corrected chi connectivity index (χ4v) is 3.73. The summed E-state index contributed by atoms with van der Waals surface area (Å²) in [6, 6.07) is 11.9. The first-order valence-electron chi connectivity index (χ1n) is 7.77. The van der Waals surface area contributed by atoms with Crippen molar-refractivity contribution in [2.24, 2.45) is 0 Å². The van der Waals surface area contributed by atoms with Gasteiger partial charge in [0.2, 0.25) is 0 Å². The third-order valence-electron chi connectivity index (χ3n) is 3.92. The fourth-order valence-electron chi connectivity index (χ4n) is 2.51. The summed E-state index contributed by atoms with van der Waals surface area (Å²) in [5.41, 5.74) is -0.858. The summed E-state index contributed by atoms with van der Waals surface area (Å²) < 4.78 is 36.8. The number of para-hydroxylation sites is 1. The lowest BCUT2D eigenvalue weighted by atomic mass is 10.2. The Hall–Kier alpha value is -3.33. The van der Waals surface area contributed by atoms with Gasteiger partial charge in [0.1, 0.15) is 11.5 Å². The molecule has 3 aromatic rings. The number of aromatic nitrogens is 2. The lowest BCUT2D eigenvalue weighted by molar-refractivity contribution is 0.0953. The predicted octanol–water partition coefficient (Wildman–Crippen LogP) is 1.59. The van der Waals surface area contributed by atoms with Crippen LogP contribution < -0.4 is 15.2 Å². The largest absolute Gasteiger partial charge is 0.497 e. The van der Waals surface area contributed by atoms with E-state index in [1.54, 1.807) is 18.2 Å². The molecule has 0 atom stereocenters. The van der Waals surface area contributed by atoms with Crippen LogP contribution in [-0.4, -0.2) is 37.1 Å². The Balaban J connectivity index is 2.04. The van der Waals surface area contributed by atoms with Crippen LogP contribution in [-0.2, 0) is 10.0 Å². The summed E-state index contributed by atoms with van der Waals surface area (Å²) in [5, 5.41) is 0. The van der Waals surface area contributed by atoms with Crippen LogP contribution in [0.1, 0.15) is 10.4 Å². The zero-order chi connectivity index (χ0) is 19.6. The molecule has 0 aliphatic carbocycles. The van der Waals surface area contributed by atoms with Crippen LogP contribution >= 0.6 is 0 Å². The van der Waals surface area contributed by atoms with E-state index in [2.05, 4.69) is 0 Å². The van der Waals surface area contributed by atoms with Crippen molar-refractivity contribution >= 4 is 15.9 Å². The number of hydrogen-bond donors (Lipinski definition) is 0. The SMILES string of the molecule is COc1ccc(S(=O)(=O)n2ccn(C(=O)c3ccccc3OC)c2=O)cc1. The summed E-state index contributed by atoms with van der Waals surface area (Å²) in [6.45, 7) is 0. The van der Waals surface area contributed by atoms with Crippen molar-refractivity contribution in [1.29, 1.82) is 0 Å². The first-order chi connectivity index (χ1) is 12.9. The Labute approximate surface area is 155 Å². The highest BCUT2D eigenvalue weighted by Crippen LogP contribution is 2.19. The average molecular weight is 388 g/mol. The molecule has 0 saturated carbocycles. The molecule has 0 radical (unpaired) electrons. The predicted molar refractivity (Wildman–Crippen MR) is 97.0 cm³/mol. The van der Waals surface area contributed by atoms with Gasteiger partial charge in [-0.2, -0.15) is 3.97 Å². The van der Waals surface area contributed by atoms with E-state index in [4.69, 9.17) is 9.47 Å². The number of carbonyl (C=O) groups is 1. The molecule has 9 heteroatoms. The Kier molecular flexibility index (Phi) is 4.87. The zero-order valence-electron chi connectivity index (χ0n) is 14.5. The van der Waals surface area contributed by atoms with E-state index in [1.807, 2.05) is 0 Å². The van der Waals surface area contributed by atoms with Gasteiger partial charge in [0.25, 0.3) is 15.9 Å². The molecular weight excluding hydrogens is 372 g/mol. The van der Waals surface area contributed by atoms with Crippen molar-refractivity contribution in [1.82, 2.24) is 8.54 Å². The normalized spacial score (nSPS) is 11.2. The highest BCUT2D eigenvalue weighted by Gasteiger charge is 2.24. The van der Waals surface area contributed by atoms with Crippen molar-refractivity contribution in [2.75, 3.05) is 14.2 Å². The van der Waals surface area contributed by atoms with Gasteiger partial charge >= 0.3 is 5.69 Å². The van der Waals surface area contributed by atoms with E-state index in [-0.39, 0.29) is 16.2 Å². The van der Waals surface area contributed by atoms with E-state index < -0.39 is 21.6 Å². The summed E-state index contributed by atoms with van der Waals surface area (Å²) in [6.07, 6.45) is 2.15. The minimum atomic E-state index is -4.16. The molecule has 0 spiro atoms. The molecule has 1 heterocycles. The van der Waals surface area contributed by atoms with E-state index in [9.17, 15) is 18.0 Å². The molecule has 0 amide bonds. The number of carbonyl (C=O) groups excluding carboxylic acids is 1. The minimum absolute atomic E-state index is 0.104. The topological polar surface area (TPSA) is 96.6 Å². The van der Waals surface area contributed by atoms with Crippen molar-refractivity contribution in [3.63, 3.8) is 0 Å². The van der Waals surface area contributed by atoms with Gasteiger partial charge in [-0.3, -0.25) is 4.79 Å². The second-order valence-corrected chi connectivity index (χ2v) is 7.25. The third-order valence-corrected chi connectivity index (χ3v) is 5.58. The first kappa shape index (κ1) is 18.5. The van der Waals surface area contributed by atoms with Gasteiger partial charge < -0.3 is 9.47 Å². The van der Waals surface area contributed by atoms with Gasteiger partial charge in [-0.25, -0.2) is 17.8 Å². The van der Waals surface area contributed by atoms with Crippen LogP contribution in [0.25, 0.3) is 0 Å². The molecule has 0 saturated heterocycles. The van der Waals surface area contributed by atoms with Gasteiger partial charge in [0.15, 0.2) is 0 Å². The molecule has 3 rings (SSSR count). The van der Waals surface area contributed by atoms with Gasteiger partial charge in [-0.15, -0.1) is 0 Å². The van der Waals surface area contributed by atoms with Crippen LogP contribution in [0.5, 0.6) is 11.5 Å². The summed E-state index contributed by atoms with van der Waals surface area (Å²) >= 11 is 0. The van der Waals surface area contributed by atoms with Crippen LogP contribution in [0, 0.1) is 0 Å². The quantitative estimate of drug-likeness (QED) is 0.659. The maximum atomic E-state index is 12.7. The maximum absolute atomic E-state index is 12.7. The number of nitrogens with zero attached hydrogens (tertiary/aromatic N) is 2. The number of hydrogen-bond acceptors (Lipinski definition) is 6. The van der Waals surface area contributed by atoms with Crippen LogP contribution in [0.15, 0.2) is 70.6 Å². The molecule has 0 aliphatic heterocycles. The second-order valence-electron chi connectivity index (χ2n) is 5.43. The Morgan fingerprint density at radius 2 is 1.59 bits per heavy atom.